The van der Waals surface area contributed by atoms with Crippen molar-refractivity contribution in [2.45, 2.75) is 0 Å². The van der Waals surface area contributed by atoms with E-state index < -0.39 is 34.9 Å². The van der Waals surface area contributed by atoms with Gasteiger partial charge in [0.25, 0.3) is 5.91 Å². The third kappa shape index (κ3) is 4.03. The van der Waals surface area contributed by atoms with Crippen LogP contribution in [0.5, 0.6) is 0 Å². The summed E-state index contributed by atoms with van der Waals surface area (Å²) in [5.74, 6) is -4.81. The number of nitrogens with zero attached hydrogens (tertiary/aromatic N) is 2. The molecule has 25 heavy (non-hydrogen) atoms. The van der Waals surface area contributed by atoms with Crippen LogP contribution in [0, 0.1) is 17.5 Å². The molecule has 1 amide bonds. The second-order valence-corrected chi connectivity index (χ2v) is 4.90. The van der Waals surface area contributed by atoms with Crippen molar-refractivity contribution in [2.75, 3.05) is 14.2 Å². The van der Waals surface area contributed by atoms with Crippen LogP contribution in [0.4, 0.5) is 13.2 Å². The van der Waals surface area contributed by atoms with Crippen molar-refractivity contribution >= 4 is 18.1 Å². The fourth-order valence-electron chi connectivity index (χ4n) is 1.92. The molecule has 0 aliphatic heterocycles. The molecule has 2 rings (SSSR count). The molecule has 0 aliphatic carbocycles. The second kappa shape index (κ2) is 7.61. The van der Waals surface area contributed by atoms with Crippen molar-refractivity contribution in [3.8, 4) is 0 Å². The first kappa shape index (κ1) is 18.2. The Kier molecular flexibility index (Phi) is 5.53. The SMILES string of the molecule is COC(=O)c1ccc(/C=N/N(C)C(=O)c2cccc(F)c2F)c(F)c1. The zero-order valence-corrected chi connectivity index (χ0v) is 13.3. The van der Waals surface area contributed by atoms with E-state index in [1.165, 1.54) is 32.4 Å². The molecule has 130 valence electrons. The zero-order chi connectivity index (χ0) is 18.6. The van der Waals surface area contributed by atoms with E-state index in [2.05, 4.69) is 9.84 Å². The van der Waals surface area contributed by atoms with E-state index in [9.17, 15) is 22.8 Å². The van der Waals surface area contributed by atoms with Gasteiger partial charge in [-0.15, -0.1) is 0 Å². The molecular formula is C17H13F3N2O3. The summed E-state index contributed by atoms with van der Waals surface area (Å²) in [5, 5.41) is 4.45. The third-order valence-electron chi connectivity index (χ3n) is 3.27. The van der Waals surface area contributed by atoms with Crippen molar-refractivity contribution < 1.29 is 27.5 Å². The first-order valence-electron chi connectivity index (χ1n) is 6.99. The maximum absolute atomic E-state index is 13.9. The van der Waals surface area contributed by atoms with Crippen LogP contribution in [0.15, 0.2) is 41.5 Å². The molecule has 2 aromatic rings. The summed E-state index contributed by atoms with van der Waals surface area (Å²) >= 11 is 0. The number of carbonyl (C=O) groups excluding carboxylic acids is 2. The van der Waals surface area contributed by atoms with Crippen molar-refractivity contribution in [1.82, 2.24) is 5.01 Å². The Bertz CT molecular complexity index is 853. The quantitative estimate of drug-likeness (QED) is 0.484. The molecule has 0 saturated carbocycles. The second-order valence-electron chi connectivity index (χ2n) is 4.90. The van der Waals surface area contributed by atoms with Gasteiger partial charge in [0, 0.05) is 12.6 Å². The summed E-state index contributed by atoms with van der Waals surface area (Å²) in [4.78, 5) is 23.4. The molecule has 0 aromatic heterocycles. The van der Waals surface area contributed by atoms with Crippen LogP contribution >= 0.6 is 0 Å². The smallest absolute Gasteiger partial charge is 0.337 e. The molecule has 0 aliphatic rings. The summed E-state index contributed by atoms with van der Waals surface area (Å²) < 4.78 is 45.2. The molecule has 2 aromatic carbocycles. The molecule has 0 unspecified atom stereocenters. The van der Waals surface area contributed by atoms with E-state index in [0.29, 0.717) is 0 Å². The van der Waals surface area contributed by atoms with Gasteiger partial charge in [0.15, 0.2) is 11.6 Å². The highest BCUT2D eigenvalue weighted by Gasteiger charge is 2.18. The molecule has 0 N–H and O–H groups in total. The Morgan fingerprint density at radius 2 is 1.84 bits per heavy atom. The number of methoxy groups -OCH3 is 1. The first-order valence-corrected chi connectivity index (χ1v) is 6.99. The van der Waals surface area contributed by atoms with Gasteiger partial charge in [0.1, 0.15) is 5.82 Å². The molecule has 0 atom stereocenters. The number of hydrogen-bond acceptors (Lipinski definition) is 4. The average molecular weight is 350 g/mol. The summed E-state index contributed by atoms with van der Waals surface area (Å²) in [7, 11) is 2.38. The van der Waals surface area contributed by atoms with Gasteiger partial charge in [0.05, 0.1) is 24.5 Å². The highest BCUT2D eigenvalue weighted by molar-refractivity contribution is 5.95. The molecule has 5 nitrogen and oxygen atoms in total. The van der Waals surface area contributed by atoms with Gasteiger partial charge >= 0.3 is 5.97 Å². The van der Waals surface area contributed by atoms with Crippen LogP contribution < -0.4 is 0 Å². The number of ether oxygens (including phenoxy) is 1. The number of benzene rings is 2. The predicted molar refractivity (Wildman–Crippen MR) is 83.8 cm³/mol. The minimum Gasteiger partial charge on any atom is -0.465 e. The van der Waals surface area contributed by atoms with Crippen molar-refractivity contribution in [1.29, 1.82) is 0 Å². The number of halogens is 3. The Balaban J connectivity index is 2.19. The Labute approximate surface area is 141 Å². The lowest BCUT2D eigenvalue weighted by Crippen LogP contribution is -2.23. The summed E-state index contributed by atoms with van der Waals surface area (Å²) in [6, 6.07) is 6.73. The number of rotatable bonds is 4. The lowest BCUT2D eigenvalue weighted by molar-refractivity contribution is 0.0600. The molecule has 0 heterocycles. The number of hydrogen-bond donors (Lipinski definition) is 0. The first-order chi connectivity index (χ1) is 11.8. The monoisotopic (exact) mass is 350 g/mol. The Morgan fingerprint density at radius 3 is 2.48 bits per heavy atom. The standard InChI is InChI=1S/C17H13F3N2O3/c1-22(16(23)12-4-3-5-13(18)15(12)20)21-9-11-7-6-10(8-14(11)19)17(24)25-2/h3-9H,1-2H3/b21-9+. The minimum atomic E-state index is -1.29. The van der Waals surface area contributed by atoms with Crippen LogP contribution in [0.25, 0.3) is 0 Å². The summed E-state index contributed by atoms with van der Waals surface area (Å²) in [6.07, 6.45) is 1.02. The van der Waals surface area contributed by atoms with Crippen LogP contribution in [0.1, 0.15) is 26.3 Å². The minimum absolute atomic E-state index is 0.00739. The molecule has 0 fully saturated rings. The van der Waals surface area contributed by atoms with Crippen molar-refractivity contribution in [2.24, 2.45) is 5.10 Å². The normalized spacial score (nSPS) is 10.8. The molecule has 0 saturated heterocycles. The van der Waals surface area contributed by atoms with Gasteiger partial charge in [-0.3, -0.25) is 4.79 Å². The topological polar surface area (TPSA) is 59.0 Å². The zero-order valence-electron chi connectivity index (χ0n) is 13.3. The number of amides is 1. The summed E-state index contributed by atoms with van der Waals surface area (Å²) in [5.41, 5.74) is -0.489. The fraction of sp³-hybridized carbons (Fsp3) is 0.118. The van der Waals surface area contributed by atoms with Crippen LogP contribution in [-0.4, -0.2) is 37.3 Å². The van der Waals surface area contributed by atoms with Crippen LogP contribution in [0.3, 0.4) is 0 Å². The molecule has 8 heteroatoms. The van der Waals surface area contributed by atoms with Crippen molar-refractivity contribution in [3.63, 3.8) is 0 Å². The van der Waals surface area contributed by atoms with E-state index in [1.54, 1.807) is 0 Å². The number of carbonyl (C=O) groups is 2. The Hall–Kier alpha value is -3.16. The number of esters is 1. The molecular weight excluding hydrogens is 337 g/mol. The van der Waals surface area contributed by atoms with Gasteiger partial charge in [-0.05, 0) is 30.3 Å². The van der Waals surface area contributed by atoms with Gasteiger partial charge in [0.2, 0.25) is 0 Å². The van der Waals surface area contributed by atoms with Gasteiger partial charge in [-0.1, -0.05) is 6.07 Å². The lowest BCUT2D eigenvalue weighted by Gasteiger charge is -2.11. The van der Waals surface area contributed by atoms with E-state index in [1.807, 2.05) is 0 Å². The highest BCUT2D eigenvalue weighted by atomic mass is 19.2. The lowest BCUT2D eigenvalue weighted by atomic mass is 10.1. The Morgan fingerprint density at radius 1 is 1.12 bits per heavy atom. The fourth-order valence-corrected chi connectivity index (χ4v) is 1.92. The van der Waals surface area contributed by atoms with Crippen LogP contribution in [-0.2, 0) is 4.74 Å². The van der Waals surface area contributed by atoms with E-state index in [0.717, 1.165) is 29.4 Å². The van der Waals surface area contributed by atoms with Crippen LogP contribution in [0.2, 0.25) is 0 Å². The van der Waals surface area contributed by atoms with Gasteiger partial charge in [-0.25, -0.2) is 23.0 Å². The molecule has 0 bridgehead atoms. The van der Waals surface area contributed by atoms with E-state index >= 15 is 0 Å². The average Bonchev–Trinajstić information content (AvgIpc) is 2.61. The van der Waals surface area contributed by atoms with E-state index in [4.69, 9.17) is 0 Å². The van der Waals surface area contributed by atoms with E-state index in [-0.39, 0.29) is 11.1 Å². The van der Waals surface area contributed by atoms with Gasteiger partial charge in [-0.2, -0.15) is 5.10 Å². The number of hydrazone groups is 1. The predicted octanol–water partition coefficient (Wildman–Crippen LogP) is 3.00. The largest absolute Gasteiger partial charge is 0.465 e. The summed E-state index contributed by atoms with van der Waals surface area (Å²) in [6.45, 7) is 0. The molecule has 0 radical (unpaired) electrons. The highest BCUT2D eigenvalue weighted by Crippen LogP contribution is 2.14. The molecule has 0 spiro atoms. The maximum Gasteiger partial charge on any atom is 0.337 e. The van der Waals surface area contributed by atoms with Crippen molar-refractivity contribution in [3.05, 3.63) is 70.5 Å². The third-order valence-corrected chi connectivity index (χ3v) is 3.27. The van der Waals surface area contributed by atoms with Gasteiger partial charge < -0.3 is 4.74 Å². The maximum atomic E-state index is 13.9.